The average molecular weight is 199 g/mol. The Morgan fingerprint density at radius 1 is 1.54 bits per heavy atom. The maximum Gasteiger partial charge on any atom is 0.129 e. The molecule has 1 unspecified atom stereocenters. The maximum absolute atomic E-state index is 5.15. The van der Waals surface area contributed by atoms with Crippen LogP contribution in [0.15, 0.2) is 11.4 Å². The first kappa shape index (κ1) is 10.5. The lowest BCUT2D eigenvalue weighted by Gasteiger charge is -2.12. The van der Waals surface area contributed by atoms with Crippen molar-refractivity contribution in [2.24, 2.45) is 0 Å². The summed E-state index contributed by atoms with van der Waals surface area (Å²) >= 11 is 1.76. The molecular formula is C10H17NOS. The van der Waals surface area contributed by atoms with E-state index in [0.29, 0.717) is 6.04 Å². The van der Waals surface area contributed by atoms with Gasteiger partial charge in [0.1, 0.15) is 5.75 Å². The molecule has 3 heteroatoms. The molecule has 0 bridgehead atoms. The highest BCUT2D eigenvalue weighted by atomic mass is 32.1. The van der Waals surface area contributed by atoms with Crippen molar-refractivity contribution in [1.82, 2.24) is 5.32 Å². The van der Waals surface area contributed by atoms with Gasteiger partial charge in [-0.2, -0.15) is 0 Å². The summed E-state index contributed by atoms with van der Waals surface area (Å²) in [5.74, 6) is 0.969. The fourth-order valence-corrected chi connectivity index (χ4v) is 2.33. The Labute approximate surface area is 83.9 Å². The van der Waals surface area contributed by atoms with E-state index in [1.165, 1.54) is 4.88 Å². The molecule has 0 radical (unpaired) electrons. The van der Waals surface area contributed by atoms with Gasteiger partial charge < -0.3 is 10.1 Å². The molecule has 0 aliphatic carbocycles. The normalized spacial score (nSPS) is 12.8. The highest BCUT2D eigenvalue weighted by Crippen LogP contribution is 2.28. The third kappa shape index (κ3) is 2.71. The van der Waals surface area contributed by atoms with Gasteiger partial charge in [0.25, 0.3) is 0 Å². The summed E-state index contributed by atoms with van der Waals surface area (Å²) in [5.41, 5.74) is 0. The molecule has 1 heterocycles. The molecule has 0 fully saturated rings. The second-order valence-corrected chi connectivity index (χ2v) is 3.85. The fourth-order valence-electron chi connectivity index (χ4n) is 1.32. The summed E-state index contributed by atoms with van der Waals surface area (Å²) in [6.07, 6.45) is 1.12. The largest absolute Gasteiger partial charge is 0.496 e. The molecular weight excluding hydrogens is 182 g/mol. The first-order valence-corrected chi connectivity index (χ1v) is 5.55. The maximum atomic E-state index is 5.15. The van der Waals surface area contributed by atoms with Gasteiger partial charge in [0.05, 0.1) is 7.11 Å². The lowest BCUT2D eigenvalue weighted by Crippen LogP contribution is -2.18. The summed E-state index contributed by atoms with van der Waals surface area (Å²) < 4.78 is 5.15. The molecule has 2 nitrogen and oxygen atoms in total. The Balaban J connectivity index is 2.67. The molecule has 1 N–H and O–H groups in total. The van der Waals surface area contributed by atoms with Crippen LogP contribution in [0.2, 0.25) is 0 Å². The van der Waals surface area contributed by atoms with Crippen LogP contribution in [0.4, 0.5) is 0 Å². The van der Waals surface area contributed by atoms with E-state index < -0.39 is 0 Å². The quantitative estimate of drug-likeness (QED) is 0.787. The Hall–Kier alpha value is -0.540. The third-order valence-corrected chi connectivity index (χ3v) is 3.06. The van der Waals surface area contributed by atoms with Gasteiger partial charge in [-0.25, -0.2) is 0 Å². The van der Waals surface area contributed by atoms with E-state index in [1.54, 1.807) is 18.4 Å². The number of methoxy groups -OCH3 is 1. The summed E-state index contributed by atoms with van der Waals surface area (Å²) in [6, 6.07) is 2.60. The molecule has 1 aromatic rings. The molecule has 1 atom stereocenters. The van der Waals surface area contributed by atoms with Gasteiger partial charge in [-0.05, 0) is 19.0 Å². The van der Waals surface area contributed by atoms with Gasteiger partial charge in [-0.15, -0.1) is 11.3 Å². The van der Waals surface area contributed by atoms with Crippen LogP contribution >= 0.6 is 11.3 Å². The Kier molecular flexibility index (Phi) is 4.25. The van der Waals surface area contributed by atoms with Gasteiger partial charge in [0.15, 0.2) is 0 Å². The number of rotatable bonds is 5. The molecule has 1 aromatic heterocycles. The van der Waals surface area contributed by atoms with E-state index in [1.807, 2.05) is 0 Å². The highest BCUT2D eigenvalue weighted by Gasteiger charge is 2.10. The van der Waals surface area contributed by atoms with Gasteiger partial charge in [0.2, 0.25) is 0 Å². The number of thiophene rings is 1. The SMILES string of the molecule is CCNC(CC)c1cc(OC)cs1. The van der Waals surface area contributed by atoms with E-state index in [9.17, 15) is 0 Å². The van der Waals surface area contributed by atoms with Crippen molar-refractivity contribution in [3.05, 3.63) is 16.3 Å². The summed E-state index contributed by atoms with van der Waals surface area (Å²) in [7, 11) is 1.71. The van der Waals surface area contributed by atoms with Crippen molar-refractivity contribution < 1.29 is 4.74 Å². The molecule has 0 aliphatic heterocycles. The number of hydrogen-bond acceptors (Lipinski definition) is 3. The standard InChI is InChI=1S/C10H17NOS/c1-4-9(11-5-2)10-6-8(12-3)7-13-10/h6-7,9,11H,4-5H2,1-3H3. The molecule has 0 spiro atoms. The van der Waals surface area contributed by atoms with Crippen molar-refractivity contribution >= 4 is 11.3 Å². The van der Waals surface area contributed by atoms with E-state index >= 15 is 0 Å². The van der Waals surface area contributed by atoms with Crippen molar-refractivity contribution in [1.29, 1.82) is 0 Å². The fraction of sp³-hybridized carbons (Fsp3) is 0.600. The smallest absolute Gasteiger partial charge is 0.129 e. The Bertz CT molecular complexity index is 247. The van der Waals surface area contributed by atoms with Crippen molar-refractivity contribution in [3.8, 4) is 5.75 Å². The zero-order valence-corrected chi connectivity index (χ0v) is 9.28. The zero-order chi connectivity index (χ0) is 9.68. The van der Waals surface area contributed by atoms with Crippen LogP contribution in [0.1, 0.15) is 31.2 Å². The monoisotopic (exact) mass is 199 g/mol. The third-order valence-electron chi connectivity index (χ3n) is 2.03. The molecule has 0 amide bonds. The molecule has 0 saturated carbocycles. The topological polar surface area (TPSA) is 21.3 Å². The van der Waals surface area contributed by atoms with E-state index in [-0.39, 0.29) is 0 Å². The van der Waals surface area contributed by atoms with Crippen LogP contribution in [-0.2, 0) is 0 Å². The minimum Gasteiger partial charge on any atom is -0.496 e. The van der Waals surface area contributed by atoms with Gasteiger partial charge >= 0.3 is 0 Å². The summed E-state index contributed by atoms with van der Waals surface area (Å²) in [4.78, 5) is 1.36. The average Bonchev–Trinajstić information content (AvgIpc) is 2.62. The Morgan fingerprint density at radius 2 is 2.31 bits per heavy atom. The second kappa shape index (κ2) is 5.25. The van der Waals surface area contributed by atoms with Crippen molar-refractivity contribution in [2.45, 2.75) is 26.3 Å². The zero-order valence-electron chi connectivity index (χ0n) is 8.46. The molecule has 0 saturated heterocycles. The summed E-state index contributed by atoms with van der Waals surface area (Å²) in [6.45, 7) is 5.34. The van der Waals surface area contributed by atoms with Crippen LogP contribution < -0.4 is 10.1 Å². The lowest BCUT2D eigenvalue weighted by atomic mass is 10.2. The predicted octanol–water partition coefficient (Wildman–Crippen LogP) is 2.82. The first-order chi connectivity index (χ1) is 6.31. The van der Waals surface area contributed by atoms with E-state index in [2.05, 4.69) is 30.6 Å². The van der Waals surface area contributed by atoms with Gasteiger partial charge in [0, 0.05) is 16.3 Å². The van der Waals surface area contributed by atoms with Crippen LogP contribution in [-0.4, -0.2) is 13.7 Å². The molecule has 13 heavy (non-hydrogen) atoms. The predicted molar refractivity (Wildman–Crippen MR) is 57.6 cm³/mol. The second-order valence-electron chi connectivity index (χ2n) is 2.91. The summed E-state index contributed by atoms with van der Waals surface area (Å²) in [5, 5.41) is 5.49. The molecule has 1 rings (SSSR count). The van der Waals surface area contributed by atoms with Gasteiger partial charge in [-0.3, -0.25) is 0 Å². The number of hydrogen-bond donors (Lipinski definition) is 1. The van der Waals surface area contributed by atoms with Crippen molar-refractivity contribution in [2.75, 3.05) is 13.7 Å². The molecule has 74 valence electrons. The number of ether oxygens (including phenoxy) is 1. The molecule has 0 aromatic carbocycles. The van der Waals surface area contributed by atoms with Crippen LogP contribution in [0.5, 0.6) is 5.75 Å². The molecule has 0 aliphatic rings. The lowest BCUT2D eigenvalue weighted by molar-refractivity contribution is 0.415. The minimum absolute atomic E-state index is 0.485. The highest BCUT2D eigenvalue weighted by molar-refractivity contribution is 7.10. The van der Waals surface area contributed by atoms with E-state index in [0.717, 1.165) is 18.7 Å². The minimum atomic E-state index is 0.485. The van der Waals surface area contributed by atoms with E-state index in [4.69, 9.17) is 4.74 Å². The Morgan fingerprint density at radius 3 is 2.77 bits per heavy atom. The number of nitrogens with one attached hydrogen (secondary N) is 1. The van der Waals surface area contributed by atoms with Gasteiger partial charge in [-0.1, -0.05) is 13.8 Å². The van der Waals surface area contributed by atoms with Crippen molar-refractivity contribution in [3.63, 3.8) is 0 Å². The first-order valence-electron chi connectivity index (χ1n) is 4.67. The van der Waals surface area contributed by atoms with Crippen LogP contribution in [0, 0.1) is 0 Å². The van der Waals surface area contributed by atoms with Crippen LogP contribution in [0.25, 0.3) is 0 Å². The van der Waals surface area contributed by atoms with Crippen LogP contribution in [0.3, 0.4) is 0 Å².